The number of ketones is 1. The van der Waals surface area contributed by atoms with Crippen molar-refractivity contribution in [2.24, 2.45) is 0 Å². The summed E-state index contributed by atoms with van der Waals surface area (Å²) in [5, 5.41) is 0. The zero-order valence-corrected chi connectivity index (χ0v) is 14.3. The highest BCUT2D eigenvalue weighted by Crippen LogP contribution is 2.33. The molecule has 0 aliphatic carbocycles. The minimum atomic E-state index is -0.431. The van der Waals surface area contributed by atoms with Gasteiger partial charge in [0.2, 0.25) is 0 Å². The summed E-state index contributed by atoms with van der Waals surface area (Å²) in [5.41, 5.74) is 4.33. The van der Waals surface area contributed by atoms with E-state index in [0.29, 0.717) is 17.8 Å². The summed E-state index contributed by atoms with van der Waals surface area (Å²) in [5.74, 6) is -0.851. The van der Waals surface area contributed by atoms with E-state index in [0.717, 1.165) is 24.0 Å². The van der Waals surface area contributed by atoms with E-state index in [4.69, 9.17) is 0 Å². The van der Waals surface area contributed by atoms with Gasteiger partial charge in [-0.2, -0.15) is 0 Å². The second-order valence-corrected chi connectivity index (χ2v) is 6.34. The van der Waals surface area contributed by atoms with Crippen LogP contribution in [0.15, 0.2) is 73.1 Å². The largest absolute Gasteiger partial charge is 0.305 e. The Labute approximate surface area is 152 Å². The van der Waals surface area contributed by atoms with Gasteiger partial charge in [0.15, 0.2) is 0 Å². The minimum Gasteiger partial charge on any atom is -0.305 e. The predicted molar refractivity (Wildman–Crippen MR) is 101 cm³/mol. The van der Waals surface area contributed by atoms with E-state index in [1.807, 2.05) is 48.5 Å². The van der Waals surface area contributed by atoms with Crippen LogP contribution in [0.5, 0.6) is 0 Å². The van der Waals surface area contributed by atoms with E-state index < -0.39 is 11.7 Å². The van der Waals surface area contributed by atoms with Gasteiger partial charge in [-0.1, -0.05) is 36.4 Å². The Bertz CT molecular complexity index is 952. The third-order valence-corrected chi connectivity index (χ3v) is 4.68. The van der Waals surface area contributed by atoms with Crippen molar-refractivity contribution in [2.75, 3.05) is 11.4 Å². The first kappa shape index (κ1) is 16.2. The van der Waals surface area contributed by atoms with Crippen LogP contribution in [0, 0.1) is 0 Å². The third-order valence-electron chi connectivity index (χ3n) is 4.68. The van der Waals surface area contributed by atoms with Gasteiger partial charge in [-0.15, -0.1) is 0 Å². The number of pyridine rings is 1. The summed E-state index contributed by atoms with van der Waals surface area (Å²) in [7, 11) is 0. The van der Waals surface area contributed by atoms with Gasteiger partial charge in [0, 0.05) is 18.9 Å². The molecule has 4 nitrogen and oxygen atoms in total. The Balaban J connectivity index is 1.54. The molecule has 0 N–H and O–H groups in total. The Morgan fingerprint density at radius 1 is 0.846 bits per heavy atom. The maximum Gasteiger partial charge on any atom is 0.299 e. The van der Waals surface area contributed by atoms with Crippen LogP contribution in [0.3, 0.4) is 0 Å². The van der Waals surface area contributed by atoms with Gasteiger partial charge in [-0.3, -0.25) is 14.6 Å². The molecule has 4 heteroatoms. The number of nitrogens with zero attached hydrogens (tertiary/aromatic N) is 2. The lowest BCUT2D eigenvalue weighted by molar-refractivity contribution is -0.114. The minimum absolute atomic E-state index is 0.421. The van der Waals surface area contributed by atoms with Crippen molar-refractivity contribution in [3.8, 4) is 11.1 Å². The van der Waals surface area contributed by atoms with Crippen molar-refractivity contribution in [3.63, 3.8) is 0 Å². The third kappa shape index (κ3) is 3.02. The highest BCUT2D eigenvalue weighted by molar-refractivity contribution is 6.52. The molecule has 0 spiro atoms. The van der Waals surface area contributed by atoms with E-state index in [1.54, 1.807) is 17.3 Å². The summed E-state index contributed by atoms with van der Waals surface area (Å²) in [6, 6.07) is 19.6. The van der Waals surface area contributed by atoms with E-state index >= 15 is 0 Å². The van der Waals surface area contributed by atoms with Gasteiger partial charge >= 0.3 is 0 Å². The molecular weight excluding hydrogens is 324 g/mol. The fourth-order valence-electron chi connectivity index (χ4n) is 3.33. The predicted octanol–water partition coefficient (Wildman–Crippen LogP) is 3.91. The average molecular weight is 342 g/mol. The van der Waals surface area contributed by atoms with E-state index in [-0.39, 0.29) is 0 Å². The Kier molecular flexibility index (Phi) is 4.32. The molecule has 0 bridgehead atoms. The van der Waals surface area contributed by atoms with Crippen LogP contribution in [0.1, 0.15) is 22.3 Å². The monoisotopic (exact) mass is 342 g/mol. The number of benzene rings is 2. The highest BCUT2D eigenvalue weighted by Gasteiger charge is 2.35. The summed E-state index contributed by atoms with van der Waals surface area (Å²) in [4.78, 5) is 30.5. The summed E-state index contributed by atoms with van der Waals surface area (Å²) >= 11 is 0. The van der Waals surface area contributed by atoms with Gasteiger partial charge in [-0.25, -0.2) is 0 Å². The normalized spacial score (nSPS) is 13.2. The SMILES string of the molecule is O=C1C(=O)N(CCCc2ccccc2)c2ccc(-c3ccncc3)cc21. The number of hydrogen-bond donors (Lipinski definition) is 0. The lowest BCUT2D eigenvalue weighted by Gasteiger charge is -2.16. The van der Waals surface area contributed by atoms with Gasteiger partial charge in [0.1, 0.15) is 0 Å². The maximum absolute atomic E-state index is 12.4. The molecule has 2 heterocycles. The van der Waals surface area contributed by atoms with Crippen molar-refractivity contribution >= 4 is 17.4 Å². The number of aromatic nitrogens is 1. The van der Waals surface area contributed by atoms with Crippen LogP contribution in [-0.4, -0.2) is 23.2 Å². The Morgan fingerprint density at radius 2 is 1.62 bits per heavy atom. The lowest BCUT2D eigenvalue weighted by Crippen LogP contribution is -2.30. The Morgan fingerprint density at radius 3 is 2.38 bits per heavy atom. The molecule has 128 valence electrons. The maximum atomic E-state index is 12.4. The first-order valence-electron chi connectivity index (χ1n) is 8.68. The van der Waals surface area contributed by atoms with Crippen LogP contribution in [0.2, 0.25) is 0 Å². The second kappa shape index (κ2) is 6.92. The molecule has 1 aromatic heterocycles. The van der Waals surface area contributed by atoms with Crippen molar-refractivity contribution in [3.05, 3.63) is 84.2 Å². The number of anilines is 1. The van der Waals surface area contributed by atoms with Crippen LogP contribution in [-0.2, 0) is 11.2 Å². The van der Waals surface area contributed by atoms with Crippen LogP contribution in [0.25, 0.3) is 11.1 Å². The molecule has 26 heavy (non-hydrogen) atoms. The molecule has 2 aromatic carbocycles. The number of hydrogen-bond acceptors (Lipinski definition) is 3. The lowest BCUT2D eigenvalue weighted by atomic mass is 10.0. The Hall–Kier alpha value is -3.27. The van der Waals surface area contributed by atoms with Gasteiger partial charge in [-0.05, 0) is 53.8 Å². The number of Topliss-reactive ketones (excluding diaryl/α,β-unsaturated/α-hetero) is 1. The van der Waals surface area contributed by atoms with Crippen LogP contribution >= 0.6 is 0 Å². The van der Waals surface area contributed by atoms with Gasteiger partial charge < -0.3 is 4.90 Å². The molecule has 0 atom stereocenters. The van der Waals surface area contributed by atoms with E-state index in [2.05, 4.69) is 17.1 Å². The van der Waals surface area contributed by atoms with Crippen LogP contribution < -0.4 is 4.90 Å². The number of carbonyl (C=O) groups is 2. The molecule has 1 aliphatic rings. The molecule has 0 saturated carbocycles. The number of carbonyl (C=O) groups excluding carboxylic acids is 2. The van der Waals surface area contributed by atoms with E-state index in [1.165, 1.54) is 5.56 Å². The summed E-state index contributed by atoms with van der Waals surface area (Å²) < 4.78 is 0. The molecule has 1 amide bonds. The molecule has 0 unspecified atom stereocenters. The number of amides is 1. The van der Waals surface area contributed by atoms with Crippen molar-refractivity contribution in [1.29, 1.82) is 0 Å². The molecule has 3 aromatic rings. The number of aryl methyl sites for hydroxylation is 1. The van der Waals surface area contributed by atoms with Crippen molar-refractivity contribution in [1.82, 2.24) is 4.98 Å². The second-order valence-electron chi connectivity index (χ2n) is 6.34. The molecule has 1 aliphatic heterocycles. The fraction of sp³-hybridized carbons (Fsp3) is 0.136. The van der Waals surface area contributed by atoms with Crippen molar-refractivity contribution < 1.29 is 9.59 Å². The zero-order valence-electron chi connectivity index (χ0n) is 14.3. The summed E-state index contributed by atoms with van der Waals surface area (Å²) in [6.45, 7) is 0.543. The van der Waals surface area contributed by atoms with Crippen molar-refractivity contribution in [2.45, 2.75) is 12.8 Å². The number of rotatable bonds is 5. The molecule has 4 rings (SSSR count). The molecular formula is C22H18N2O2. The first-order valence-corrected chi connectivity index (χ1v) is 8.68. The first-order chi connectivity index (χ1) is 12.7. The topological polar surface area (TPSA) is 50.3 Å². The zero-order chi connectivity index (χ0) is 17.9. The molecule has 0 fully saturated rings. The summed E-state index contributed by atoms with van der Waals surface area (Å²) in [6.07, 6.45) is 5.12. The number of fused-ring (bicyclic) bond motifs is 1. The van der Waals surface area contributed by atoms with E-state index in [9.17, 15) is 9.59 Å². The highest BCUT2D eigenvalue weighted by atomic mass is 16.2. The van der Waals surface area contributed by atoms with Crippen LogP contribution in [0.4, 0.5) is 5.69 Å². The van der Waals surface area contributed by atoms with Gasteiger partial charge in [0.25, 0.3) is 11.7 Å². The average Bonchev–Trinajstić information content (AvgIpc) is 2.94. The quantitative estimate of drug-likeness (QED) is 0.661. The standard InChI is InChI=1S/C22H18N2O2/c25-21-19-15-18(17-10-12-23-13-11-17)8-9-20(19)24(22(21)26)14-4-7-16-5-2-1-3-6-16/h1-3,5-6,8-13,15H,4,7,14H2. The molecule has 0 radical (unpaired) electrons. The fourth-order valence-corrected chi connectivity index (χ4v) is 3.33. The van der Waals surface area contributed by atoms with Gasteiger partial charge in [0.05, 0.1) is 11.3 Å². The smallest absolute Gasteiger partial charge is 0.299 e. The molecule has 0 saturated heterocycles.